The Bertz CT molecular complexity index is 1140. The van der Waals surface area contributed by atoms with Gasteiger partial charge in [-0.1, -0.05) is 42.0 Å². The van der Waals surface area contributed by atoms with Crippen molar-refractivity contribution >= 4 is 22.4 Å². The molecule has 5 nitrogen and oxygen atoms in total. The third-order valence-corrected chi connectivity index (χ3v) is 5.85. The molecule has 0 bridgehead atoms. The monoisotopic (exact) mass is 432 g/mol. The molecular weight excluding hydrogens is 408 g/mol. The van der Waals surface area contributed by atoms with Crippen LogP contribution < -0.4 is 10.1 Å². The second kappa shape index (κ2) is 9.62. The number of aromatic nitrogens is 1. The third-order valence-electron chi connectivity index (χ3n) is 4.93. The molecule has 4 aromatic rings. The van der Waals surface area contributed by atoms with Gasteiger partial charge in [0, 0.05) is 35.9 Å². The Morgan fingerprint density at radius 2 is 1.84 bits per heavy atom. The quantitative estimate of drug-likeness (QED) is 0.377. The number of carbonyl (C=O) groups is 1. The average molecular weight is 433 g/mol. The van der Waals surface area contributed by atoms with Crippen molar-refractivity contribution in [2.45, 2.75) is 26.2 Å². The molecule has 6 heteroatoms. The molecule has 2 aromatic heterocycles. The Labute approximate surface area is 185 Å². The second-order valence-electron chi connectivity index (χ2n) is 7.34. The van der Waals surface area contributed by atoms with E-state index in [1.54, 1.807) is 7.11 Å². The SMILES string of the molecule is COc1ccc(Cc2cnc(NC(=O)CCc3ccc(-c4ccc(C)cc4)o3)s2)cc1. The number of benzene rings is 2. The van der Waals surface area contributed by atoms with Crippen LogP contribution >= 0.6 is 11.3 Å². The minimum Gasteiger partial charge on any atom is -0.497 e. The highest BCUT2D eigenvalue weighted by Crippen LogP contribution is 2.24. The van der Waals surface area contributed by atoms with Gasteiger partial charge < -0.3 is 14.5 Å². The Morgan fingerprint density at radius 3 is 2.58 bits per heavy atom. The molecule has 31 heavy (non-hydrogen) atoms. The van der Waals surface area contributed by atoms with Gasteiger partial charge in [-0.2, -0.15) is 0 Å². The van der Waals surface area contributed by atoms with Crippen LogP contribution in [-0.2, 0) is 17.6 Å². The number of ether oxygens (including phenoxy) is 1. The van der Waals surface area contributed by atoms with Gasteiger partial charge in [-0.05, 0) is 36.8 Å². The standard InChI is InChI=1S/C25H24N2O3S/c1-17-3-7-19(8-4-17)23-13-11-21(30-23)12-14-24(28)27-25-26-16-22(31-25)15-18-5-9-20(29-2)10-6-18/h3-11,13,16H,12,14-15H2,1-2H3,(H,26,27,28). The zero-order valence-corrected chi connectivity index (χ0v) is 18.4. The van der Waals surface area contributed by atoms with E-state index in [0.29, 0.717) is 18.0 Å². The molecule has 0 fully saturated rings. The van der Waals surface area contributed by atoms with E-state index in [1.807, 2.05) is 54.7 Å². The molecule has 0 aliphatic heterocycles. The number of hydrogen-bond acceptors (Lipinski definition) is 5. The van der Waals surface area contributed by atoms with E-state index in [2.05, 4.69) is 29.4 Å². The number of thiazole rings is 1. The number of nitrogens with zero attached hydrogens (tertiary/aromatic N) is 1. The fraction of sp³-hybridized carbons (Fsp3) is 0.200. The van der Waals surface area contributed by atoms with Gasteiger partial charge in [0.05, 0.1) is 7.11 Å². The number of hydrogen-bond donors (Lipinski definition) is 1. The van der Waals surface area contributed by atoms with E-state index in [0.717, 1.165) is 34.1 Å². The van der Waals surface area contributed by atoms with Crippen LogP contribution in [0.2, 0.25) is 0 Å². The Balaban J connectivity index is 1.28. The smallest absolute Gasteiger partial charge is 0.226 e. The highest BCUT2D eigenvalue weighted by Gasteiger charge is 2.10. The lowest BCUT2D eigenvalue weighted by atomic mass is 10.1. The van der Waals surface area contributed by atoms with Crippen LogP contribution in [-0.4, -0.2) is 18.0 Å². The van der Waals surface area contributed by atoms with Crippen molar-refractivity contribution in [3.63, 3.8) is 0 Å². The minimum atomic E-state index is -0.0707. The van der Waals surface area contributed by atoms with Crippen molar-refractivity contribution < 1.29 is 13.9 Å². The number of furan rings is 1. The number of nitrogens with one attached hydrogen (secondary N) is 1. The summed E-state index contributed by atoms with van der Waals surface area (Å²) < 4.78 is 11.1. The summed E-state index contributed by atoms with van der Waals surface area (Å²) in [6, 6.07) is 20.0. The maximum Gasteiger partial charge on any atom is 0.226 e. The fourth-order valence-electron chi connectivity index (χ4n) is 3.20. The predicted molar refractivity (Wildman–Crippen MR) is 124 cm³/mol. The molecule has 0 unspecified atom stereocenters. The number of anilines is 1. The lowest BCUT2D eigenvalue weighted by Gasteiger charge is -2.02. The molecule has 4 rings (SSSR count). The molecule has 0 spiro atoms. The van der Waals surface area contributed by atoms with Gasteiger partial charge in [0.2, 0.25) is 5.91 Å². The van der Waals surface area contributed by atoms with Crippen LogP contribution in [0.1, 0.15) is 28.2 Å². The molecule has 1 amide bonds. The topological polar surface area (TPSA) is 64.4 Å². The molecule has 0 aliphatic rings. The van der Waals surface area contributed by atoms with Crippen LogP contribution in [0.5, 0.6) is 5.75 Å². The lowest BCUT2D eigenvalue weighted by Crippen LogP contribution is -2.11. The van der Waals surface area contributed by atoms with Gasteiger partial charge in [-0.25, -0.2) is 4.98 Å². The Kier molecular flexibility index (Phi) is 6.48. The van der Waals surface area contributed by atoms with Crippen molar-refractivity contribution in [1.29, 1.82) is 0 Å². The van der Waals surface area contributed by atoms with Gasteiger partial charge in [-0.3, -0.25) is 4.79 Å². The van der Waals surface area contributed by atoms with Crippen molar-refractivity contribution in [2.75, 3.05) is 12.4 Å². The maximum atomic E-state index is 12.3. The fourth-order valence-corrected chi connectivity index (χ4v) is 4.06. The summed E-state index contributed by atoms with van der Waals surface area (Å²) in [4.78, 5) is 17.8. The van der Waals surface area contributed by atoms with Gasteiger partial charge in [0.15, 0.2) is 5.13 Å². The zero-order chi connectivity index (χ0) is 21.6. The first-order chi connectivity index (χ1) is 15.1. The van der Waals surface area contributed by atoms with Crippen LogP contribution in [0.25, 0.3) is 11.3 Å². The summed E-state index contributed by atoms with van der Waals surface area (Å²) in [6.07, 6.45) is 3.46. The van der Waals surface area contributed by atoms with Gasteiger partial charge >= 0.3 is 0 Å². The predicted octanol–water partition coefficient (Wildman–Crippen LogP) is 5.88. The van der Waals surface area contributed by atoms with Gasteiger partial charge in [-0.15, -0.1) is 11.3 Å². The first-order valence-electron chi connectivity index (χ1n) is 10.1. The van der Waals surface area contributed by atoms with Crippen molar-refractivity contribution in [3.8, 4) is 17.1 Å². The molecule has 2 aromatic carbocycles. The largest absolute Gasteiger partial charge is 0.497 e. The van der Waals surface area contributed by atoms with Crippen molar-refractivity contribution in [3.05, 3.63) is 88.6 Å². The van der Waals surface area contributed by atoms with Crippen LogP contribution in [0.15, 0.2) is 71.3 Å². The molecule has 0 radical (unpaired) electrons. The maximum absolute atomic E-state index is 12.3. The summed E-state index contributed by atoms with van der Waals surface area (Å²) in [6.45, 7) is 2.06. The number of methoxy groups -OCH3 is 1. The van der Waals surface area contributed by atoms with E-state index in [1.165, 1.54) is 22.5 Å². The zero-order valence-electron chi connectivity index (χ0n) is 17.6. The average Bonchev–Trinajstić information content (AvgIpc) is 3.43. The van der Waals surface area contributed by atoms with Crippen LogP contribution in [0.4, 0.5) is 5.13 Å². The third kappa shape index (κ3) is 5.61. The summed E-state index contributed by atoms with van der Waals surface area (Å²) in [5.74, 6) is 2.38. The minimum absolute atomic E-state index is 0.0707. The molecule has 2 heterocycles. The molecule has 0 aliphatic carbocycles. The number of aryl methyl sites for hydroxylation is 2. The molecule has 158 valence electrons. The number of rotatable bonds is 8. The van der Waals surface area contributed by atoms with Gasteiger partial charge in [0.1, 0.15) is 17.3 Å². The highest BCUT2D eigenvalue weighted by molar-refractivity contribution is 7.15. The molecular formula is C25H24N2O3S. The van der Waals surface area contributed by atoms with E-state index in [-0.39, 0.29) is 5.91 Å². The number of amides is 1. The van der Waals surface area contributed by atoms with Crippen LogP contribution in [0, 0.1) is 6.92 Å². The van der Waals surface area contributed by atoms with E-state index < -0.39 is 0 Å². The van der Waals surface area contributed by atoms with Crippen molar-refractivity contribution in [1.82, 2.24) is 4.98 Å². The first-order valence-corrected chi connectivity index (χ1v) is 10.9. The van der Waals surface area contributed by atoms with E-state index >= 15 is 0 Å². The first kappa shape index (κ1) is 20.9. The van der Waals surface area contributed by atoms with Gasteiger partial charge in [0.25, 0.3) is 0 Å². The highest BCUT2D eigenvalue weighted by atomic mass is 32.1. The Morgan fingerprint density at radius 1 is 1.06 bits per heavy atom. The second-order valence-corrected chi connectivity index (χ2v) is 8.45. The summed E-state index contributed by atoms with van der Waals surface area (Å²) in [7, 11) is 1.65. The number of carbonyl (C=O) groups excluding carboxylic acids is 1. The molecule has 0 saturated heterocycles. The van der Waals surface area contributed by atoms with Crippen LogP contribution in [0.3, 0.4) is 0 Å². The molecule has 1 N–H and O–H groups in total. The van der Waals surface area contributed by atoms with Crippen molar-refractivity contribution in [2.24, 2.45) is 0 Å². The van der Waals surface area contributed by atoms with E-state index in [9.17, 15) is 4.79 Å². The molecule has 0 atom stereocenters. The van der Waals surface area contributed by atoms with E-state index in [4.69, 9.17) is 9.15 Å². The normalized spacial score (nSPS) is 10.8. The molecule has 0 saturated carbocycles. The summed E-state index contributed by atoms with van der Waals surface area (Å²) in [5, 5.41) is 3.51. The Hall–Kier alpha value is -3.38. The summed E-state index contributed by atoms with van der Waals surface area (Å²) in [5.41, 5.74) is 3.42. The lowest BCUT2D eigenvalue weighted by molar-refractivity contribution is -0.116. The summed E-state index contributed by atoms with van der Waals surface area (Å²) >= 11 is 1.49.